The number of aromatic nitrogens is 3. The van der Waals surface area contributed by atoms with Crippen LogP contribution >= 0.6 is 0 Å². The quantitative estimate of drug-likeness (QED) is 0.859. The van der Waals surface area contributed by atoms with Crippen LogP contribution in [0.25, 0.3) is 0 Å². The van der Waals surface area contributed by atoms with Gasteiger partial charge in [0.05, 0.1) is 12.8 Å². The van der Waals surface area contributed by atoms with Crippen molar-refractivity contribution in [3.8, 4) is 5.75 Å². The van der Waals surface area contributed by atoms with Crippen molar-refractivity contribution in [3.05, 3.63) is 41.2 Å². The summed E-state index contributed by atoms with van der Waals surface area (Å²) >= 11 is 0. The van der Waals surface area contributed by atoms with Gasteiger partial charge in [0.1, 0.15) is 5.75 Å². The molecule has 0 aliphatic rings. The van der Waals surface area contributed by atoms with E-state index < -0.39 is 0 Å². The van der Waals surface area contributed by atoms with E-state index in [0.29, 0.717) is 22.7 Å². The summed E-state index contributed by atoms with van der Waals surface area (Å²) in [5, 5.41) is 10.6. The summed E-state index contributed by atoms with van der Waals surface area (Å²) in [6.45, 7) is 5.99. The molecule has 2 rings (SSSR count). The van der Waals surface area contributed by atoms with Crippen molar-refractivity contribution in [2.24, 2.45) is 0 Å². The Kier molecular flexibility index (Phi) is 3.38. The van der Waals surface area contributed by atoms with Crippen molar-refractivity contribution in [3.63, 3.8) is 0 Å². The second kappa shape index (κ2) is 4.84. The van der Waals surface area contributed by atoms with Crippen LogP contribution in [0.5, 0.6) is 5.75 Å². The number of carbonyl (C=O) groups excluding carboxylic acids is 1. The number of aromatic amines is 1. The van der Waals surface area contributed by atoms with Gasteiger partial charge in [0.15, 0.2) is 5.69 Å². The lowest BCUT2D eigenvalue weighted by molar-refractivity contribution is 0.103. The smallest absolute Gasteiger partial charge is 0.215 e. The molecule has 100 valence electrons. The molecular weight excluding hydrogens is 242 g/mol. The van der Waals surface area contributed by atoms with Crippen LogP contribution in [-0.4, -0.2) is 28.3 Å². The van der Waals surface area contributed by atoms with Crippen LogP contribution < -0.4 is 4.74 Å². The van der Waals surface area contributed by atoms with Gasteiger partial charge in [0, 0.05) is 11.0 Å². The fourth-order valence-electron chi connectivity index (χ4n) is 1.79. The van der Waals surface area contributed by atoms with Crippen molar-refractivity contribution in [2.75, 3.05) is 7.11 Å². The van der Waals surface area contributed by atoms with E-state index in [1.54, 1.807) is 31.4 Å². The van der Waals surface area contributed by atoms with Gasteiger partial charge >= 0.3 is 0 Å². The van der Waals surface area contributed by atoms with E-state index in [-0.39, 0.29) is 11.2 Å². The molecule has 0 bridgehead atoms. The summed E-state index contributed by atoms with van der Waals surface area (Å²) in [7, 11) is 1.59. The molecule has 5 nitrogen and oxygen atoms in total. The molecule has 1 N–H and O–H groups in total. The zero-order valence-corrected chi connectivity index (χ0v) is 11.5. The molecule has 1 aromatic carbocycles. The average molecular weight is 259 g/mol. The van der Waals surface area contributed by atoms with E-state index in [4.69, 9.17) is 4.74 Å². The average Bonchev–Trinajstić information content (AvgIpc) is 2.87. The van der Waals surface area contributed by atoms with E-state index in [1.165, 1.54) is 0 Å². The zero-order chi connectivity index (χ0) is 14.0. The molecule has 0 saturated heterocycles. The van der Waals surface area contributed by atoms with E-state index in [0.717, 1.165) is 0 Å². The van der Waals surface area contributed by atoms with Gasteiger partial charge < -0.3 is 4.74 Å². The third-order valence-corrected chi connectivity index (χ3v) is 2.83. The van der Waals surface area contributed by atoms with E-state index in [2.05, 4.69) is 15.4 Å². The van der Waals surface area contributed by atoms with Gasteiger partial charge in [-0.3, -0.25) is 4.79 Å². The Balaban J connectivity index is 2.36. The standard InChI is InChI=1S/C14H17N3O2/c1-14(2,3)13-11(15-17-16-13)12(18)9-5-7-10(19-4)8-6-9/h5-8H,1-4H3,(H,15,16,17). The molecule has 0 saturated carbocycles. The molecule has 0 spiro atoms. The van der Waals surface area contributed by atoms with Crippen molar-refractivity contribution in [1.82, 2.24) is 15.4 Å². The maximum Gasteiger partial charge on any atom is 0.215 e. The van der Waals surface area contributed by atoms with Crippen LogP contribution in [0.2, 0.25) is 0 Å². The molecular formula is C14H17N3O2. The first-order valence-corrected chi connectivity index (χ1v) is 6.03. The minimum Gasteiger partial charge on any atom is -0.497 e. The molecule has 0 atom stereocenters. The van der Waals surface area contributed by atoms with Crippen LogP contribution in [0.3, 0.4) is 0 Å². The first kappa shape index (κ1) is 13.3. The lowest BCUT2D eigenvalue weighted by atomic mass is 9.89. The van der Waals surface area contributed by atoms with E-state index in [9.17, 15) is 4.79 Å². The second-order valence-corrected chi connectivity index (χ2v) is 5.33. The summed E-state index contributed by atoms with van der Waals surface area (Å²) in [4.78, 5) is 12.4. The predicted molar refractivity (Wildman–Crippen MR) is 71.5 cm³/mol. The summed E-state index contributed by atoms with van der Waals surface area (Å²) in [5.74, 6) is 0.578. The second-order valence-electron chi connectivity index (χ2n) is 5.33. The van der Waals surface area contributed by atoms with Crippen LogP contribution in [-0.2, 0) is 5.41 Å². The fourth-order valence-corrected chi connectivity index (χ4v) is 1.79. The number of carbonyl (C=O) groups is 1. The van der Waals surface area contributed by atoms with Gasteiger partial charge in [-0.1, -0.05) is 20.8 Å². The highest BCUT2D eigenvalue weighted by Crippen LogP contribution is 2.24. The molecule has 1 aromatic heterocycles. The van der Waals surface area contributed by atoms with Gasteiger partial charge in [0.2, 0.25) is 5.78 Å². The molecule has 1 heterocycles. The number of ether oxygens (including phenoxy) is 1. The Morgan fingerprint density at radius 2 is 1.79 bits per heavy atom. The van der Waals surface area contributed by atoms with Crippen molar-refractivity contribution in [1.29, 1.82) is 0 Å². The van der Waals surface area contributed by atoms with Crippen molar-refractivity contribution >= 4 is 5.78 Å². The minimum atomic E-state index is -0.232. The SMILES string of the molecule is COc1ccc(C(=O)c2n[nH]nc2C(C)(C)C)cc1. The first-order chi connectivity index (χ1) is 8.93. The van der Waals surface area contributed by atoms with Gasteiger partial charge in [-0.05, 0) is 24.3 Å². The topological polar surface area (TPSA) is 67.9 Å². The van der Waals surface area contributed by atoms with Crippen molar-refractivity contribution < 1.29 is 9.53 Å². The largest absolute Gasteiger partial charge is 0.497 e. The molecule has 0 fully saturated rings. The number of ketones is 1. The summed E-state index contributed by atoms with van der Waals surface area (Å²) in [6.07, 6.45) is 0. The Bertz CT molecular complexity index is 579. The number of methoxy groups -OCH3 is 1. The van der Waals surface area contributed by atoms with Crippen molar-refractivity contribution in [2.45, 2.75) is 26.2 Å². The third-order valence-electron chi connectivity index (χ3n) is 2.83. The predicted octanol–water partition coefficient (Wildman–Crippen LogP) is 2.34. The maximum absolute atomic E-state index is 12.4. The number of hydrogen-bond acceptors (Lipinski definition) is 4. The van der Waals surface area contributed by atoms with E-state index >= 15 is 0 Å². The number of H-pyrrole nitrogens is 1. The van der Waals surface area contributed by atoms with Crippen LogP contribution in [0.4, 0.5) is 0 Å². The Labute approximate surface area is 112 Å². The first-order valence-electron chi connectivity index (χ1n) is 6.03. The monoisotopic (exact) mass is 259 g/mol. The fraction of sp³-hybridized carbons (Fsp3) is 0.357. The number of hydrogen-bond donors (Lipinski definition) is 1. The maximum atomic E-state index is 12.4. The third kappa shape index (κ3) is 2.65. The molecule has 0 aliphatic carbocycles. The molecule has 0 aliphatic heterocycles. The number of nitrogens with one attached hydrogen (secondary N) is 1. The van der Waals surface area contributed by atoms with Crippen LogP contribution in [0.15, 0.2) is 24.3 Å². The number of benzene rings is 1. The summed E-state index contributed by atoms with van der Waals surface area (Å²) in [6, 6.07) is 6.96. The number of nitrogens with zero attached hydrogens (tertiary/aromatic N) is 2. The Hall–Kier alpha value is -2.17. The van der Waals surface area contributed by atoms with Gasteiger partial charge in [-0.2, -0.15) is 15.4 Å². The number of rotatable bonds is 3. The highest BCUT2D eigenvalue weighted by atomic mass is 16.5. The Morgan fingerprint density at radius 1 is 1.16 bits per heavy atom. The minimum absolute atomic E-state index is 0.138. The lowest BCUT2D eigenvalue weighted by Gasteiger charge is -2.15. The highest BCUT2D eigenvalue weighted by Gasteiger charge is 2.26. The molecule has 0 unspecified atom stereocenters. The van der Waals surface area contributed by atoms with Crippen LogP contribution in [0, 0.1) is 0 Å². The summed E-state index contributed by atoms with van der Waals surface area (Å²) in [5.41, 5.74) is 1.39. The van der Waals surface area contributed by atoms with Crippen LogP contribution in [0.1, 0.15) is 42.5 Å². The summed E-state index contributed by atoms with van der Waals surface area (Å²) < 4.78 is 5.07. The molecule has 0 radical (unpaired) electrons. The highest BCUT2D eigenvalue weighted by molar-refractivity contribution is 6.08. The van der Waals surface area contributed by atoms with Gasteiger partial charge in [0.25, 0.3) is 0 Å². The van der Waals surface area contributed by atoms with Gasteiger partial charge in [-0.25, -0.2) is 0 Å². The Morgan fingerprint density at radius 3 is 2.32 bits per heavy atom. The van der Waals surface area contributed by atoms with Gasteiger partial charge in [-0.15, -0.1) is 0 Å². The van der Waals surface area contributed by atoms with E-state index in [1.807, 2.05) is 20.8 Å². The zero-order valence-electron chi connectivity index (χ0n) is 11.5. The molecule has 2 aromatic rings. The molecule has 0 amide bonds. The molecule has 5 heteroatoms. The normalized spacial score (nSPS) is 11.4. The molecule has 19 heavy (non-hydrogen) atoms. The lowest BCUT2D eigenvalue weighted by Crippen LogP contribution is -2.17.